The number of para-hydroxylation sites is 1. The van der Waals surface area contributed by atoms with Crippen LogP contribution in [0.3, 0.4) is 0 Å². The number of halogens is 1. The molecule has 16 heavy (non-hydrogen) atoms. The average molecular weight is 256 g/mol. The van der Waals surface area contributed by atoms with E-state index in [9.17, 15) is 4.79 Å². The first-order valence-corrected chi connectivity index (χ1v) is 6.81. The molecule has 1 aromatic carbocycles. The summed E-state index contributed by atoms with van der Waals surface area (Å²) in [6.07, 6.45) is 0.451. The second kappa shape index (κ2) is 5.11. The number of rotatable bonds is 3. The van der Waals surface area contributed by atoms with E-state index in [1.165, 1.54) is 0 Å². The standard InChI is InChI=1S/C12H14ClNOS/c1-2-16-11-6-4-3-5-10(11)14-8-9(13)7-12(14)15/h3-6,9H,2,7-8H2,1H3. The van der Waals surface area contributed by atoms with Gasteiger partial charge in [-0.2, -0.15) is 0 Å². The molecule has 0 radical (unpaired) electrons. The Labute approximate surface area is 105 Å². The summed E-state index contributed by atoms with van der Waals surface area (Å²) in [5.41, 5.74) is 1.00. The number of hydrogen-bond acceptors (Lipinski definition) is 2. The first-order valence-electron chi connectivity index (χ1n) is 5.38. The predicted molar refractivity (Wildman–Crippen MR) is 69.5 cm³/mol. The molecule has 4 heteroatoms. The number of thioether (sulfide) groups is 1. The molecule has 1 saturated heterocycles. The minimum atomic E-state index is -0.0489. The maximum atomic E-state index is 11.8. The largest absolute Gasteiger partial charge is 0.310 e. The number of amides is 1. The lowest BCUT2D eigenvalue weighted by atomic mass is 10.3. The van der Waals surface area contributed by atoms with E-state index in [0.717, 1.165) is 16.3 Å². The number of carbonyl (C=O) groups excluding carboxylic acids is 1. The quantitative estimate of drug-likeness (QED) is 0.611. The maximum absolute atomic E-state index is 11.8. The molecular formula is C12H14ClNOS. The summed E-state index contributed by atoms with van der Waals surface area (Å²) in [4.78, 5) is 14.7. The lowest BCUT2D eigenvalue weighted by Gasteiger charge is -2.19. The molecule has 0 bridgehead atoms. The van der Waals surface area contributed by atoms with Gasteiger partial charge in [0.25, 0.3) is 0 Å². The monoisotopic (exact) mass is 255 g/mol. The molecule has 0 aliphatic carbocycles. The molecule has 1 atom stereocenters. The zero-order chi connectivity index (χ0) is 11.5. The van der Waals surface area contributed by atoms with Crippen LogP contribution in [0.15, 0.2) is 29.2 Å². The third kappa shape index (κ3) is 2.36. The highest BCUT2D eigenvalue weighted by Gasteiger charge is 2.30. The molecule has 2 rings (SSSR count). The highest BCUT2D eigenvalue weighted by Crippen LogP contribution is 2.33. The third-order valence-corrected chi connectivity index (χ3v) is 3.77. The zero-order valence-corrected chi connectivity index (χ0v) is 10.7. The van der Waals surface area contributed by atoms with Gasteiger partial charge in [-0.05, 0) is 17.9 Å². The lowest BCUT2D eigenvalue weighted by Crippen LogP contribution is -2.25. The average Bonchev–Trinajstić information content (AvgIpc) is 2.59. The predicted octanol–water partition coefficient (Wildman–Crippen LogP) is 3.14. The van der Waals surface area contributed by atoms with E-state index in [1.807, 2.05) is 18.2 Å². The second-order valence-corrected chi connectivity index (χ2v) is 5.63. The number of anilines is 1. The van der Waals surface area contributed by atoms with Crippen molar-refractivity contribution in [2.24, 2.45) is 0 Å². The topological polar surface area (TPSA) is 20.3 Å². The van der Waals surface area contributed by atoms with Crippen LogP contribution in [-0.4, -0.2) is 23.6 Å². The van der Waals surface area contributed by atoms with E-state index in [1.54, 1.807) is 16.7 Å². The van der Waals surface area contributed by atoms with E-state index < -0.39 is 0 Å². The van der Waals surface area contributed by atoms with Gasteiger partial charge in [-0.1, -0.05) is 19.1 Å². The molecule has 0 saturated carbocycles. The molecule has 2 nitrogen and oxygen atoms in total. The summed E-state index contributed by atoms with van der Waals surface area (Å²) in [5.74, 6) is 1.13. The van der Waals surface area contributed by atoms with E-state index >= 15 is 0 Å². The Morgan fingerprint density at radius 3 is 2.88 bits per heavy atom. The molecule has 1 aliphatic rings. The van der Waals surface area contributed by atoms with Crippen molar-refractivity contribution in [3.05, 3.63) is 24.3 Å². The van der Waals surface area contributed by atoms with E-state index in [2.05, 4.69) is 13.0 Å². The molecule has 1 fully saturated rings. The van der Waals surface area contributed by atoms with Crippen molar-refractivity contribution in [2.45, 2.75) is 23.6 Å². The molecule has 1 amide bonds. The fourth-order valence-electron chi connectivity index (χ4n) is 1.85. The number of hydrogen-bond donors (Lipinski definition) is 0. The molecule has 1 aliphatic heterocycles. The van der Waals surface area contributed by atoms with Crippen LogP contribution in [0.1, 0.15) is 13.3 Å². The van der Waals surface area contributed by atoms with Gasteiger partial charge in [0.1, 0.15) is 0 Å². The molecule has 0 spiro atoms. The fraction of sp³-hybridized carbons (Fsp3) is 0.417. The Kier molecular flexibility index (Phi) is 3.77. The van der Waals surface area contributed by atoms with Crippen LogP contribution in [0.2, 0.25) is 0 Å². The van der Waals surface area contributed by atoms with Crippen LogP contribution < -0.4 is 4.90 Å². The summed E-state index contributed by atoms with van der Waals surface area (Å²) < 4.78 is 0. The van der Waals surface area contributed by atoms with Crippen LogP contribution in [-0.2, 0) is 4.79 Å². The number of nitrogens with zero attached hydrogens (tertiary/aromatic N) is 1. The summed E-state index contributed by atoms with van der Waals surface area (Å²) >= 11 is 7.77. The minimum absolute atomic E-state index is 0.0489. The van der Waals surface area contributed by atoms with E-state index in [-0.39, 0.29) is 11.3 Å². The normalized spacial score (nSPS) is 20.5. The summed E-state index contributed by atoms with van der Waals surface area (Å²) in [5, 5.41) is -0.0489. The smallest absolute Gasteiger partial charge is 0.228 e. The Morgan fingerprint density at radius 1 is 1.50 bits per heavy atom. The minimum Gasteiger partial charge on any atom is -0.310 e. The number of alkyl halides is 1. The van der Waals surface area contributed by atoms with Crippen molar-refractivity contribution in [2.75, 3.05) is 17.2 Å². The van der Waals surface area contributed by atoms with Gasteiger partial charge in [-0.15, -0.1) is 23.4 Å². The van der Waals surface area contributed by atoms with E-state index in [4.69, 9.17) is 11.6 Å². The van der Waals surface area contributed by atoms with Gasteiger partial charge in [0, 0.05) is 17.9 Å². The molecule has 0 aromatic heterocycles. The number of carbonyl (C=O) groups is 1. The number of benzene rings is 1. The maximum Gasteiger partial charge on any atom is 0.228 e. The van der Waals surface area contributed by atoms with Gasteiger partial charge in [-0.3, -0.25) is 4.79 Å². The summed E-state index contributed by atoms with van der Waals surface area (Å²) in [7, 11) is 0. The molecule has 86 valence electrons. The molecule has 1 unspecified atom stereocenters. The molecule has 1 heterocycles. The first-order chi connectivity index (χ1) is 7.72. The van der Waals surface area contributed by atoms with Gasteiger partial charge < -0.3 is 4.90 Å². The Morgan fingerprint density at radius 2 is 2.25 bits per heavy atom. The molecule has 1 aromatic rings. The van der Waals surface area contributed by atoms with Crippen LogP contribution in [0.25, 0.3) is 0 Å². The van der Waals surface area contributed by atoms with Gasteiger partial charge in [-0.25, -0.2) is 0 Å². The van der Waals surface area contributed by atoms with Gasteiger partial charge in [0.15, 0.2) is 0 Å². The van der Waals surface area contributed by atoms with Crippen molar-refractivity contribution in [1.29, 1.82) is 0 Å². The van der Waals surface area contributed by atoms with Gasteiger partial charge in [0.2, 0.25) is 5.91 Å². The zero-order valence-electron chi connectivity index (χ0n) is 9.15. The van der Waals surface area contributed by atoms with Crippen LogP contribution in [0.5, 0.6) is 0 Å². The molecule has 0 N–H and O–H groups in total. The van der Waals surface area contributed by atoms with Crippen molar-refractivity contribution in [3.63, 3.8) is 0 Å². The van der Waals surface area contributed by atoms with E-state index in [0.29, 0.717) is 13.0 Å². The Hall–Kier alpha value is -0.670. The highest BCUT2D eigenvalue weighted by atomic mass is 35.5. The SMILES string of the molecule is CCSc1ccccc1N1CC(Cl)CC1=O. The van der Waals surface area contributed by atoms with Crippen molar-refractivity contribution >= 4 is 35.0 Å². The van der Waals surface area contributed by atoms with Crippen LogP contribution >= 0.6 is 23.4 Å². The Balaban J connectivity index is 2.29. The van der Waals surface area contributed by atoms with Crippen LogP contribution in [0.4, 0.5) is 5.69 Å². The second-order valence-electron chi connectivity index (χ2n) is 3.71. The van der Waals surface area contributed by atoms with Gasteiger partial charge >= 0.3 is 0 Å². The van der Waals surface area contributed by atoms with Crippen molar-refractivity contribution < 1.29 is 4.79 Å². The van der Waals surface area contributed by atoms with Gasteiger partial charge in [0.05, 0.1) is 11.1 Å². The summed E-state index contributed by atoms with van der Waals surface area (Å²) in [6.45, 7) is 2.74. The Bertz CT molecular complexity index is 396. The third-order valence-electron chi connectivity index (χ3n) is 2.53. The molecular weight excluding hydrogens is 242 g/mol. The lowest BCUT2D eigenvalue weighted by molar-refractivity contribution is -0.117. The fourth-order valence-corrected chi connectivity index (χ4v) is 2.94. The van der Waals surface area contributed by atoms with Crippen molar-refractivity contribution in [3.8, 4) is 0 Å². The highest BCUT2D eigenvalue weighted by molar-refractivity contribution is 7.99. The van der Waals surface area contributed by atoms with Crippen LogP contribution in [0, 0.1) is 0 Å². The van der Waals surface area contributed by atoms with Crippen molar-refractivity contribution in [1.82, 2.24) is 0 Å². The summed E-state index contributed by atoms with van der Waals surface area (Å²) in [6, 6.07) is 8.01. The first kappa shape index (κ1) is 11.8.